The molecule has 1 amide bonds. The molecule has 2 aromatic rings. The SMILES string of the molecule is CCN(CCC(=O)O)C(=O)c1ccc2c(=O)n(CC)c(=O)[nH]c2c1. The van der Waals surface area contributed by atoms with Crippen molar-refractivity contribution in [3.8, 4) is 0 Å². The topological polar surface area (TPSA) is 112 Å². The summed E-state index contributed by atoms with van der Waals surface area (Å²) in [6.45, 7) is 4.16. The summed E-state index contributed by atoms with van der Waals surface area (Å²) >= 11 is 0. The molecule has 1 heterocycles. The lowest BCUT2D eigenvalue weighted by Crippen LogP contribution is -2.35. The van der Waals surface area contributed by atoms with Crippen molar-refractivity contribution < 1.29 is 14.7 Å². The van der Waals surface area contributed by atoms with Crippen molar-refractivity contribution in [3.63, 3.8) is 0 Å². The zero-order valence-corrected chi connectivity index (χ0v) is 13.5. The minimum atomic E-state index is -0.982. The largest absolute Gasteiger partial charge is 0.481 e. The van der Waals surface area contributed by atoms with Gasteiger partial charge in [-0.3, -0.25) is 19.0 Å². The highest BCUT2D eigenvalue weighted by Gasteiger charge is 2.16. The minimum Gasteiger partial charge on any atom is -0.481 e. The van der Waals surface area contributed by atoms with Gasteiger partial charge in [-0.25, -0.2) is 4.79 Å². The summed E-state index contributed by atoms with van der Waals surface area (Å²) in [7, 11) is 0. The third-order valence-electron chi connectivity index (χ3n) is 3.81. The number of amides is 1. The molecule has 0 aliphatic rings. The van der Waals surface area contributed by atoms with Gasteiger partial charge in [0.15, 0.2) is 0 Å². The fourth-order valence-corrected chi connectivity index (χ4v) is 2.49. The molecule has 24 heavy (non-hydrogen) atoms. The fraction of sp³-hybridized carbons (Fsp3) is 0.375. The molecule has 8 heteroatoms. The smallest absolute Gasteiger partial charge is 0.328 e. The molecule has 128 valence electrons. The number of nitrogens with zero attached hydrogens (tertiary/aromatic N) is 2. The maximum atomic E-state index is 12.5. The van der Waals surface area contributed by atoms with E-state index in [9.17, 15) is 19.2 Å². The van der Waals surface area contributed by atoms with E-state index in [2.05, 4.69) is 4.98 Å². The van der Waals surface area contributed by atoms with Gasteiger partial charge in [-0.15, -0.1) is 0 Å². The Labute approximate surface area is 137 Å². The number of carbonyl (C=O) groups excluding carboxylic acids is 1. The summed E-state index contributed by atoms with van der Waals surface area (Å²) < 4.78 is 1.08. The van der Waals surface area contributed by atoms with E-state index in [0.29, 0.717) is 17.5 Å². The first kappa shape index (κ1) is 17.5. The lowest BCUT2D eigenvalue weighted by atomic mass is 10.1. The standard InChI is InChI=1S/C16H19N3O5/c1-3-18(8-7-13(20)21)14(22)10-5-6-11-12(9-10)17-16(24)19(4-2)15(11)23/h5-6,9H,3-4,7-8H2,1-2H3,(H,17,24)(H,20,21). The van der Waals surface area contributed by atoms with Crippen LogP contribution in [0.15, 0.2) is 27.8 Å². The molecule has 0 fully saturated rings. The minimum absolute atomic E-state index is 0.0939. The van der Waals surface area contributed by atoms with E-state index in [1.165, 1.54) is 23.1 Å². The zero-order valence-electron chi connectivity index (χ0n) is 13.5. The Kier molecular flexibility index (Phi) is 5.18. The summed E-state index contributed by atoms with van der Waals surface area (Å²) in [4.78, 5) is 51.2. The number of nitrogens with one attached hydrogen (secondary N) is 1. The van der Waals surface area contributed by atoms with Crippen LogP contribution in [0.2, 0.25) is 0 Å². The van der Waals surface area contributed by atoms with Gasteiger partial charge in [-0.05, 0) is 32.0 Å². The molecule has 0 saturated carbocycles. The molecular weight excluding hydrogens is 314 g/mol. The Bertz CT molecular complexity index is 897. The molecule has 0 saturated heterocycles. The number of aromatic nitrogens is 2. The number of carboxylic acid groups (broad SMARTS) is 1. The summed E-state index contributed by atoms with van der Waals surface area (Å²) in [5.41, 5.74) is -0.361. The van der Waals surface area contributed by atoms with Crippen LogP contribution in [-0.2, 0) is 11.3 Å². The second-order valence-corrected chi connectivity index (χ2v) is 5.27. The van der Waals surface area contributed by atoms with Crippen molar-refractivity contribution in [3.05, 3.63) is 44.6 Å². The lowest BCUT2D eigenvalue weighted by Gasteiger charge is -2.20. The Morgan fingerprint density at radius 1 is 1.25 bits per heavy atom. The predicted molar refractivity (Wildman–Crippen MR) is 88.3 cm³/mol. The van der Waals surface area contributed by atoms with Gasteiger partial charge < -0.3 is 15.0 Å². The average molecular weight is 333 g/mol. The van der Waals surface area contributed by atoms with E-state index < -0.39 is 17.2 Å². The molecule has 0 aliphatic carbocycles. The number of hydrogen-bond donors (Lipinski definition) is 2. The summed E-state index contributed by atoms with van der Waals surface area (Å²) in [5.74, 6) is -1.33. The fourth-order valence-electron chi connectivity index (χ4n) is 2.49. The van der Waals surface area contributed by atoms with E-state index in [-0.39, 0.29) is 30.9 Å². The van der Waals surface area contributed by atoms with Crippen LogP contribution in [0.25, 0.3) is 10.9 Å². The molecule has 0 spiro atoms. The number of aromatic amines is 1. The van der Waals surface area contributed by atoms with Crippen molar-refractivity contribution in [2.75, 3.05) is 13.1 Å². The first-order valence-corrected chi connectivity index (χ1v) is 7.67. The summed E-state index contributed by atoms with van der Waals surface area (Å²) in [5, 5.41) is 9.07. The van der Waals surface area contributed by atoms with E-state index in [1.54, 1.807) is 13.8 Å². The number of benzene rings is 1. The van der Waals surface area contributed by atoms with Crippen molar-refractivity contribution in [2.24, 2.45) is 0 Å². The normalized spacial score (nSPS) is 10.8. The quantitative estimate of drug-likeness (QED) is 0.806. The third-order valence-corrected chi connectivity index (χ3v) is 3.81. The van der Waals surface area contributed by atoms with E-state index in [0.717, 1.165) is 4.57 Å². The average Bonchev–Trinajstić information content (AvgIpc) is 2.54. The van der Waals surface area contributed by atoms with Gasteiger partial charge in [-0.1, -0.05) is 0 Å². The van der Waals surface area contributed by atoms with E-state index in [4.69, 9.17) is 5.11 Å². The van der Waals surface area contributed by atoms with Crippen molar-refractivity contribution in [1.82, 2.24) is 14.5 Å². The molecular formula is C16H19N3O5. The Morgan fingerprint density at radius 3 is 2.54 bits per heavy atom. The van der Waals surface area contributed by atoms with Crippen molar-refractivity contribution in [1.29, 1.82) is 0 Å². The molecule has 0 aliphatic heterocycles. The van der Waals surface area contributed by atoms with Crippen LogP contribution in [0.3, 0.4) is 0 Å². The monoisotopic (exact) mass is 333 g/mol. The van der Waals surface area contributed by atoms with Crippen LogP contribution in [-0.4, -0.2) is 44.5 Å². The van der Waals surface area contributed by atoms with Gasteiger partial charge in [0.1, 0.15) is 0 Å². The number of carbonyl (C=O) groups is 2. The first-order chi connectivity index (χ1) is 11.4. The van der Waals surface area contributed by atoms with Gasteiger partial charge in [-0.2, -0.15) is 0 Å². The van der Waals surface area contributed by atoms with Crippen LogP contribution in [0.5, 0.6) is 0 Å². The number of hydrogen-bond acceptors (Lipinski definition) is 4. The van der Waals surface area contributed by atoms with Gasteiger partial charge in [0.2, 0.25) is 0 Å². The molecule has 1 aromatic carbocycles. The Morgan fingerprint density at radius 2 is 1.96 bits per heavy atom. The van der Waals surface area contributed by atoms with Gasteiger partial charge in [0, 0.05) is 25.2 Å². The van der Waals surface area contributed by atoms with Gasteiger partial charge >= 0.3 is 11.7 Å². The van der Waals surface area contributed by atoms with Crippen LogP contribution in [0.1, 0.15) is 30.6 Å². The molecule has 0 radical (unpaired) electrons. The molecule has 1 aromatic heterocycles. The van der Waals surface area contributed by atoms with Gasteiger partial charge in [0.05, 0.1) is 17.3 Å². The number of aliphatic carboxylic acids is 1. The molecule has 2 N–H and O–H groups in total. The Balaban J connectivity index is 2.43. The summed E-state index contributed by atoms with van der Waals surface area (Å²) in [6.07, 6.45) is -0.148. The van der Waals surface area contributed by atoms with Crippen LogP contribution >= 0.6 is 0 Å². The second-order valence-electron chi connectivity index (χ2n) is 5.27. The second kappa shape index (κ2) is 7.12. The van der Waals surface area contributed by atoms with Crippen molar-refractivity contribution >= 4 is 22.8 Å². The molecule has 8 nitrogen and oxygen atoms in total. The van der Waals surface area contributed by atoms with Crippen LogP contribution in [0, 0.1) is 0 Å². The zero-order chi connectivity index (χ0) is 17.9. The Hall–Kier alpha value is -2.90. The number of H-pyrrole nitrogens is 1. The molecule has 0 bridgehead atoms. The predicted octanol–water partition coefficient (Wildman–Crippen LogP) is 0.646. The first-order valence-electron chi connectivity index (χ1n) is 7.67. The highest BCUT2D eigenvalue weighted by Crippen LogP contribution is 2.12. The third kappa shape index (κ3) is 3.37. The molecule has 0 atom stereocenters. The maximum absolute atomic E-state index is 12.5. The highest BCUT2D eigenvalue weighted by atomic mass is 16.4. The van der Waals surface area contributed by atoms with E-state index in [1.807, 2.05) is 0 Å². The highest BCUT2D eigenvalue weighted by molar-refractivity contribution is 5.97. The maximum Gasteiger partial charge on any atom is 0.328 e. The molecule has 0 unspecified atom stereocenters. The van der Waals surface area contributed by atoms with E-state index >= 15 is 0 Å². The summed E-state index contributed by atoms with van der Waals surface area (Å²) in [6, 6.07) is 4.45. The number of carboxylic acids is 1. The van der Waals surface area contributed by atoms with Crippen LogP contribution < -0.4 is 11.2 Å². The van der Waals surface area contributed by atoms with Crippen molar-refractivity contribution in [2.45, 2.75) is 26.8 Å². The van der Waals surface area contributed by atoms with Crippen LogP contribution in [0.4, 0.5) is 0 Å². The molecule has 2 rings (SSSR count). The number of fused-ring (bicyclic) bond motifs is 1. The lowest BCUT2D eigenvalue weighted by molar-refractivity contribution is -0.137. The van der Waals surface area contributed by atoms with Gasteiger partial charge in [0.25, 0.3) is 11.5 Å². The number of rotatable bonds is 6.